The number of carboxylic acid groups (broad SMARTS) is 2. The second-order valence-corrected chi connectivity index (χ2v) is 6.21. The number of rotatable bonds is 7. The smallest absolute Gasteiger partial charge is 0.333 e. The number of hydrogen-bond acceptors (Lipinski definition) is 3. The molecule has 0 radical (unpaired) electrons. The zero-order chi connectivity index (χ0) is 17.1. The van der Waals surface area contributed by atoms with Crippen LogP contribution in [0.5, 0.6) is 0 Å². The fraction of sp³-hybridized carbons (Fsp3) is 0.529. The van der Waals surface area contributed by atoms with E-state index in [0.29, 0.717) is 0 Å². The Bertz CT molecular complexity index is 513. The van der Waals surface area contributed by atoms with Crippen LogP contribution in [0, 0.1) is 17.8 Å². The van der Waals surface area contributed by atoms with Crippen molar-refractivity contribution in [3.63, 3.8) is 0 Å². The first-order valence-electron chi connectivity index (χ1n) is 7.36. The molecule has 1 aromatic carbocycles. The molecule has 0 unspecified atom stereocenters. The molecule has 0 bridgehead atoms. The molecule has 22 heavy (non-hydrogen) atoms. The molecule has 0 amide bonds. The third kappa shape index (κ3) is 2.99. The zero-order valence-electron chi connectivity index (χ0n) is 13.4. The lowest BCUT2D eigenvalue weighted by molar-refractivity contribution is -0.166. The van der Waals surface area contributed by atoms with Crippen molar-refractivity contribution in [2.45, 2.75) is 39.2 Å². The van der Waals surface area contributed by atoms with Gasteiger partial charge in [0.05, 0.1) is 0 Å². The molecule has 122 valence electrons. The Morgan fingerprint density at radius 3 is 1.68 bits per heavy atom. The molecular weight excluding hydrogens is 284 g/mol. The van der Waals surface area contributed by atoms with Gasteiger partial charge < -0.3 is 15.3 Å². The summed E-state index contributed by atoms with van der Waals surface area (Å²) in [6.45, 7) is 7.43. The van der Waals surface area contributed by atoms with Crippen LogP contribution in [-0.2, 0) is 15.0 Å². The van der Waals surface area contributed by atoms with Crippen molar-refractivity contribution in [3.8, 4) is 0 Å². The highest BCUT2D eigenvalue weighted by atomic mass is 16.4. The van der Waals surface area contributed by atoms with E-state index in [4.69, 9.17) is 5.11 Å². The number of carbonyl (C=O) groups is 2. The number of hydrogen-bond donors (Lipinski definition) is 3. The summed E-state index contributed by atoms with van der Waals surface area (Å²) < 4.78 is 0. The second-order valence-electron chi connectivity index (χ2n) is 6.21. The second kappa shape index (κ2) is 6.92. The largest absolute Gasteiger partial charge is 0.481 e. The molecular formula is C17H24O5. The fourth-order valence-corrected chi connectivity index (χ4v) is 3.70. The summed E-state index contributed by atoms with van der Waals surface area (Å²) in [6.07, 6.45) is -1.97. The maximum absolute atomic E-state index is 11.9. The van der Waals surface area contributed by atoms with Crippen molar-refractivity contribution in [2.75, 3.05) is 0 Å². The van der Waals surface area contributed by atoms with Gasteiger partial charge in [-0.1, -0.05) is 58.0 Å². The molecule has 1 aromatic rings. The molecule has 0 aliphatic rings. The summed E-state index contributed by atoms with van der Waals surface area (Å²) >= 11 is 0. The van der Waals surface area contributed by atoms with Crippen molar-refractivity contribution in [2.24, 2.45) is 17.8 Å². The average molecular weight is 308 g/mol. The Kier molecular flexibility index (Phi) is 5.72. The number of aliphatic hydroxyl groups excluding tert-OH is 1. The van der Waals surface area contributed by atoms with Gasteiger partial charge in [0.1, 0.15) is 5.92 Å². The summed E-state index contributed by atoms with van der Waals surface area (Å²) in [6, 6.07) is 9.00. The highest BCUT2D eigenvalue weighted by molar-refractivity contribution is 5.83. The van der Waals surface area contributed by atoms with Crippen LogP contribution in [0.3, 0.4) is 0 Å². The lowest BCUT2D eigenvalue weighted by Crippen LogP contribution is -2.55. The van der Waals surface area contributed by atoms with Crippen LogP contribution in [0.15, 0.2) is 30.3 Å². The Morgan fingerprint density at radius 2 is 1.36 bits per heavy atom. The Balaban J connectivity index is 3.67. The van der Waals surface area contributed by atoms with Crippen LogP contribution >= 0.6 is 0 Å². The Morgan fingerprint density at radius 1 is 0.909 bits per heavy atom. The number of carboxylic acids is 2. The first kappa shape index (κ1) is 18.2. The summed E-state index contributed by atoms with van der Waals surface area (Å²) in [5, 5.41) is 28.9. The lowest BCUT2D eigenvalue weighted by atomic mass is 9.56. The number of aliphatic hydroxyl groups is 1. The predicted molar refractivity (Wildman–Crippen MR) is 82.6 cm³/mol. The van der Waals surface area contributed by atoms with Gasteiger partial charge in [-0.15, -0.1) is 0 Å². The minimum atomic E-state index is -1.97. The van der Waals surface area contributed by atoms with Crippen molar-refractivity contribution in [3.05, 3.63) is 35.9 Å². The first-order chi connectivity index (χ1) is 10.2. The van der Waals surface area contributed by atoms with Gasteiger partial charge in [0.2, 0.25) is 0 Å². The molecule has 0 aliphatic heterocycles. The fourth-order valence-electron chi connectivity index (χ4n) is 3.70. The number of aliphatic carboxylic acids is 2. The maximum Gasteiger partial charge on any atom is 0.333 e. The van der Waals surface area contributed by atoms with Gasteiger partial charge in [-0.3, -0.25) is 4.79 Å². The molecule has 0 aliphatic carbocycles. The van der Waals surface area contributed by atoms with Crippen LogP contribution in [0.25, 0.3) is 0 Å². The van der Waals surface area contributed by atoms with E-state index in [0.717, 1.165) is 5.56 Å². The molecule has 0 fully saturated rings. The summed E-state index contributed by atoms with van der Waals surface area (Å²) in [4.78, 5) is 23.1. The van der Waals surface area contributed by atoms with E-state index in [2.05, 4.69) is 0 Å². The predicted octanol–water partition coefficient (Wildman–Crippen LogP) is 2.38. The highest BCUT2D eigenvalue weighted by Gasteiger charge is 2.54. The van der Waals surface area contributed by atoms with E-state index < -0.39 is 29.4 Å². The van der Waals surface area contributed by atoms with Crippen LogP contribution < -0.4 is 0 Å². The topological polar surface area (TPSA) is 94.8 Å². The van der Waals surface area contributed by atoms with Gasteiger partial charge in [-0.25, -0.2) is 4.79 Å². The zero-order valence-corrected chi connectivity index (χ0v) is 13.4. The molecule has 0 heterocycles. The van der Waals surface area contributed by atoms with Crippen molar-refractivity contribution >= 4 is 11.9 Å². The van der Waals surface area contributed by atoms with E-state index in [1.165, 1.54) is 0 Å². The van der Waals surface area contributed by atoms with Crippen LogP contribution in [0.1, 0.15) is 33.3 Å². The molecule has 5 nitrogen and oxygen atoms in total. The Labute approximate surface area is 130 Å². The average Bonchev–Trinajstić information content (AvgIpc) is 2.43. The summed E-state index contributed by atoms with van der Waals surface area (Å²) in [5.41, 5.74) is -0.266. The molecule has 0 aromatic heterocycles. The van der Waals surface area contributed by atoms with Crippen molar-refractivity contribution in [1.82, 2.24) is 0 Å². The van der Waals surface area contributed by atoms with E-state index in [1.807, 2.05) is 33.8 Å². The molecule has 1 rings (SSSR count). The molecule has 3 N–H and O–H groups in total. The van der Waals surface area contributed by atoms with Crippen molar-refractivity contribution < 1.29 is 24.9 Å². The summed E-state index contributed by atoms with van der Waals surface area (Å²) in [5.74, 6) is -4.61. The van der Waals surface area contributed by atoms with E-state index in [1.54, 1.807) is 24.3 Å². The highest BCUT2D eigenvalue weighted by Crippen LogP contribution is 2.47. The van der Waals surface area contributed by atoms with E-state index >= 15 is 0 Å². The maximum atomic E-state index is 11.9. The van der Waals surface area contributed by atoms with Gasteiger partial charge >= 0.3 is 11.9 Å². The van der Waals surface area contributed by atoms with E-state index in [9.17, 15) is 19.8 Å². The molecule has 0 spiro atoms. The third-order valence-corrected chi connectivity index (χ3v) is 4.53. The molecule has 0 saturated carbocycles. The van der Waals surface area contributed by atoms with Crippen molar-refractivity contribution in [1.29, 1.82) is 0 Å². The normalized spacial score (nSPS) is 14.9. The van der Waals surface area contributed by atoms with Crippen LogP contribution in [-0.4, -0.2) is 33.4 Å². The van der Waals surface area contributed by atoms with Gasteiger partial charge in [-0.2, -0.15) is 0 Å². The van der Waals surface area contributed by atoms with Gasteiger partial charge in [0.25, 0.3) is 0 Å². The van der Waals surface area contributed by atoms with E-state index in [-0.39, 0.29) is 11.8 Å². The Hall–Kier alpha value is -1.88. The monoisotopic (exact) mass is 308 g/mol. The van der Waals surface area contributed by atoms with Gasteiger partial charge in [0, 0.05) is 5.41 Å². The summed E-state index contributed by atoms with van der Waals surface area (Å²) in [7, 11) is 0. The quantitative estimate of drug-likeness (QED) is 0.719. The van der Waals surface area contributed by atoms with Gasteiger partial charge in [-0.05, 0) is 17.4 Å². The van der Waals surface area contributed by atoms with Crippen LogP contribution in [0.2, 0.25) is 0 Å². The SMILES string of the molecule is CC(C)C(c1ccccc1)(C(C)C)[C@H](C(=O)O)[C@@H](O)C(=O)O. The molecule has 2 atom stereocenters. The van der Waals surface area contributed by atoms with Gasteiger partial charge in [0.15, 0.2) is 6.10 Å². The minimum absolute atomic E-state index is 0.176. The lowest BCUT2D eigenvalue weighted by Gasteiger charge is -2.47. The number of benzene rings is 1. The first-order valence-corrected chi connectivity index (χ1v) is 7.36. The molecule has 5 heteroatoms. The van der Waals surface area contributed by atoms with Crippen LogP contribution in [0.4, 0.5) is 0 Å². The third-order valence-electron chi connectivity index (χ3n) is 4.53. The standard InChI is InChI=1S/C17H24O5/c1-10(2)17(11(3)4,12-8-6-5-7-9-12)13(15(19)20)14(18)16(21)22/h5-11,13-14,18H,1-4H3,(H,19,20)(H,21,22)/t13-,14+/m0/s1. The molecule has 0 saturated heterocycles. The minimum Gasteiger partial charge on any atom is -0.481 e.